The molecule has 0 N–H and O–H groups in total. The van der Waals surface area contributed by atoms with Gasteiger partial charge in [-0.2, -0.15) is 0 Å². The number of para-hydroxylation sites is 4. The van der Waals surface area contributed by atoms with Gasteiger partial charge >= 0.3 is 0 Å². The molecule has 10 nitrogen and oxygen atoms in total. The monoisotopic (exact) mass is 1500 g/mol. The lowest BCUT2D eigenvalue weighted by atomic mass is 9.85. The van der Waals surface area contributed by atoms with Gasteiger partial charge in [0, 0.05) is 130 Å². The van der Waals surface area contributed by atoms with Crippen LogP contribution in [0.2, 0.25) is 0 Å². The standard InChI is InChI=1S/2C51H32N4OS/c1-3-12-31(13-4-1)32-14-11-15-33(28-32)49-52-50(54-51(53-49)35-22-24-38-37-18-8-10-21-45(37)57-46(38)30-35)34-23-27-44-41(29-34)39-25-26-43-47(48(39)56-44)40-19-7-9-20-42(40)55(43)36-16-5-2-6-17-36;1-3-11-31(12-4-1)32-19-21-33(22-20-32)49-52-50(54-51(53-49)35-23-25-38-37-15-8-10-18-45(37)57-46(38)30-35)34-24-28-44-41(29-34)39-26-27-43-47(48(39)56-44)40-16-7-9-17-42(40)55(43)36-13-5-2-6-14-36/h2*1-30,39,48H. The number of hydrogen-bond donors (Lipinski definition) is 0. The zero-order valence-corrected chi connectivity index (χ0v) is 62.8. The molecule has 0 saturated heterocycles. The first-order valence-electron chi connectivity index (χ1n) is 38.5. The Kier molecular flexibility index (Phi) is 15.4. The third kappa shape index (κ3) is 11.0. The van der Waals surface area contributed by atoms with Crippen LogP contribution in [0, 0.1) is 0 Å². The van der Waals surface area contributed by atoms with Crippen molar-refractivity contribution in [2.75, 3.05) is 0 Å². The first-order chi connectivity index (χ1) is 56.5. The molecule has 12 heteroatoms. The van der Waals surface area contributed by atoms with E-state index in [2.05, 4.69) is 361 Å². The summed E-state index contributed by atoms with van der Waals surface area (Å²) in [6, 6.07) is 119. The Balaban J connectivity index is 0.000000135. The maximum atomic E-state index is 6.88. The fourth-order valence-electron chi connectivity index (χ4n) is 17.5. The van der Waals surface area contributed by atoms with Crippen molar-refractivity contribution in [2.45, 2.75) is 24.0 Å². The van der Waals surface area contributed by atoms with Crippen molar-refractivity contribution in [3.05, 3.63) is 386 Å². The van der Waals surface area contributed by atoms with Gasteiger partial charge in [0.05, 0.1) is 22.4 Å². The van der Waals surface area contributed by atoms with Crippen LogP contribution in [0.1, 0.15) is 57.7 Å². The molecule has 536 valence electrons. The molecule has 0 spiro atoms. The van der Waals surface area contributed by atoms with Crippen LogP contribution in [-0.2, 0) is 0 Å². The highest BCUT2D eigenvalue weighted by atomic mass is 32.1. The van der Waals surface area contributed by atoms with Crippen LogP contribution in [0.3, 0.4) is 0 Å². The summed E-state index contributed by atoms with van der Waals surface area (Å²) in [5.41, 5.74) is 21.9. The topological polar surface area (TPSA) is 106 Å². The molecule has 0 radical (unpaired) electrons. The summed E-state index contributed by atoms with van der Waals surface area (Å²) in [4.78, 5) is 31.0. The Labute approximate surface area is 663 Å². The van der Waals surface area contributed by atoms with Gasteiger partial charge in [-0.05, 0) is 138 Å². The molecule has 0 saturated carbocycles. The minimum absolute atomic E-state index is 0.0428. The van der Waals surface area contributed by atoms with Gasteiger partial charge in [0.1, 0.15) is 23.7 Å². The van der Waals surface area contributed by atoms with E-state index in [1.807, 2.05) is 12.1 Å². The fraction of sp³-hybridized carbons (Fsp3) is 0.0392. The number of aromatic nitrogens is 8. The van der Waals surface area contributed by atoms with Gasteiger partial charge in [0.2, 0.25) is 0 Å². The predicted octanol–water partition coefficient (Wildman–Crippen LogP) is 26.2. The number of benzene rings is 14. The van der Waals surface area contributed by atoms with E-state index >= 15 is 0 Å². The van der Waals surface area contributed by atoms with E-state index in [-0.39, 0.29) is 24.0 Å². The van der Waals surface area contributed by atoms with E-state index < -0.39 is 0 Å². The third-order valence-electron chi connectivity index (χ3n) is 22.9. The third-order valence-corrected chi connectivity index (χ3v) is 25.1. The molecule has 8 heterocycles. The largest absolute Gasteiger partial charge is 0.484 e. The van der Waals surface area contributed by atoms with Crippen LogP contribution in [-0.4, -0.2) is 39.0 Å². The summed E-state index contributed by atoms with van der Waals surface area (Å²) in [6.45, 7) is 0. The zero-order valence-electron chi connectivity index (χ0n) is 61.2. The predicted molar refractivity (Wildman–Crippen MR) is 466 cm³/mol. The fourth-order valence-corrected chi connectivity index (χ4v) is 19.8. The number of thiophene rings is 2. The van der Waals surface area contributed by atoms with Gasteiger partial charge in [0.15, 0.2) is 34.9 Å². The van der Waals surface area contributed by atoms with Crippen molar-refractivity contribution in [1.82, 2.24) is 39.0 Å². The Hall–Kier alpha value is -14.3. The quantitative estimate of drug-likeness (QED) is 0.133. The molecule has 114 heavy (non-hydrogen) atoms. The Morgan fingerprint density at radius 2 is 0.570 bits per heavy atom. The molecule has 0 fully saturated rings. The second-order valence-corrected chi connectivity index (χ2v) is 31.6. The SMILES string of the molecule is C1=CC2c3cc(-c4nc(-c5ccc(-c6ccccc6)cc5)nc(-c5ccc6c(c5)sc5ccccc56)n4)ccc3OC2c2c1n(-c1ccccc1)c1ccccc21.C1=CC2c3cc(-c4nc(-c5cccc(-c6ccccc6)c5)nc(-c5ccc6c(c5)sc5ccccc56)n4)ccc3OC2c2c1n(-c1ccccc1)c1ccccc21. The molecule has 24 rings (SSSR count). The van der Waals surface area contributed by atoms with Gasteiger partial charge in [-0.15, -0.1) is 22.7 Å². The van der Waals surface area contributed by atoms with Crippen molar-refractivity contribution >= 4 is 97.0 Å². The number of rotatable bonds is 10. The maximum Gasteiger partial charge on any atom is 0.164 e. The molecule has 6 aromatic heterocycles. The summed E-state index contributed by atoms with van der Waals surface area (Å²) >= 11 is 3.60. The lowest BCUT2D eigenvalue weighted by Crippen LogP contribution is -2.13. The van der Waals surface area contributed by atoms with Gasteiger partial charge in [-0.25, -0.2) is 29.9 Å². The number of ether oxygens (including phenoxy) is 2. The highest BCUT2D eigenvalue weighted by Crippen LogP contribution is 2.56. The summed E-state index contributed by atoms with van der Waals surface area (Å²) < 4.78 is 23.4. The van der Waals surface area contributed by atoms with Crippen molar-refractivity contribution in [2.24, 2.45) is 0 Å². The molecular formula is C102H64N8O2S2. The maximum absolute atomic E-state index is 6.88. The lowest BCUT2D eigenvalue weighted by molar-refractivity contribution is 0.224. The zero-order chi connectivity index (χ0) is 74.9. The normalized spacial score (nSPS) is 15.4. The van der Waals surface area contributed by atoms with Crippen molar-refractivity contribution in [3.63, 3.8) is 0 Å². The van der Waals surface area contributed by atoms with Gasteiger partial charge < -0.3 is 18.6 Å². The Morgan fingerprint density at radius 3 is 1.04 bits per heavy atom. The first kappa shape index (κ1) is 65.6. The second kappa shape index (κ2) is 26.7. The van der Waals surface area contributed by atoms with E-state index in [1.54, 1.807) is 22.7 Å². The second-order valence-electron chi connectivity index (χ2n) is 29.4. The van der Waals surface area contributed by atoms with Crippen LogP contribution >= 0.6 is 22.7 Å². The van der Waals surface area contributed by atoms with E-state index in [0.717, 1.165) is 95.5 Å². The Morgan fingerprint density at radius 1 is 0.246 bits per heavy atom. The summed E-state index contributed by atoms with van der Waals surface area (Å²) in [5.74, 6) is 5.69. The number of fused-ring (bicyclic) bond motifs is 20. The van der Waals surface area contributed by atoms with Crippen LogP contribution in [0.25, 0.3) is 176 Å². The summed E-state index contributed by atoms with van der Waals surface area (Å²) in [6.07, 6.45) is 8.86. The van der Waals surface area contributed by atoms with E-state index in [1.165, 1.54) is 78.8 Å². The lowest BCUT2D eigenvalue weighted by Gasteiger charge is -2.22. The Bertz CT molecular complexity index is 7330. The molecule has 4 atom stereocenters. The molecule has 14 aromatic carbocycles. The van der Waals surface area contributed by atoms with Crippen LogP contribution in [0.5, 0.6) is 11.5 Å². The van der Waals surface area contributed by atoms with Crippen LogP contribution in [0.4, 0.5) is 0 Å². The van der Waals surface area contributed by atoms with Gasteiger partial charge in [-0.1, -0.05) is 249 Å². The van der Waals surface area contributed by atoms with E-state index in [9.17, 15) is 0 Å². The molecule has 0 bridgehead atoms. The minimum atomic E-state index is -0.150. The first-order valence-corrected chi connectivity index (χ1v) is 40.1. The van der Waals surface area contributed by atoms with Crippen molar-refractivity contribution < 1.29 is 9.47 Å². The van der Waals surface area contributed by atoms with Gasteiger partial charge in [0.25, 0.3) is 0 Å². The minimum Gasteiger partial charge on any atom is -0.484 e. The molecule has 4 unspecified atom stereocenters. The van der Waals surface area contributed by atoms with E-state index in [4.69, 9.17) is 39.4 Å². The highest BCUT2D eigenvalue weighted by Gasteiger charge is 2.42. The molecule has 2 aliphatic heterocycles. The molecule has 2 aliphatic carbocycles. The summed E-state index contributed by atoms with van der Waals surface area (Å²) in [7, 11) is 0. The van der Waals surface area contributed by atoms with Crippen LogP contribution in [0.15, 0.2) is 352 Å². The molecule has 4 aliphatic rings. The molecule has 20 aromatic rings. The molecular weight excluding hydrogens is 1430 g/mol. The molecule has 0 amide bonds. The highest BCUT2D eigenvalue weighted by molar-refractivity contribution is 7.26. The average Bonchev–Trinajstić information content (AvgIpc) is 1.56. The average molecular weight is 1500 g/mol. The van der Waals surface area contributed by atoms with E-state index in [0.29, 0.717) is 34.9 Å². The number of nitrogens with zero attached hydrogens (tertiary/aromatic N) is 8. The van der Waals surface area contributed by atoms with Gasteiger partial charge in [-0.3, -0.25) is 0 Å². The smallest absolute Gasteiger partial charge is 0.164 e. The van der Waals surface area contributed by atoms with Crippen molar-refractivity contribution in [3.8, 4) is 113 Å². The van der Waals surface area contributed by atoms with Crippen LogP contribution < -0.4 is 9.47 Å². The summed E-state index contributed by atoms with van der Waals surface area (Å²) in [5, 5.41) is 7.45. The van der Waals surface area contributed by atoms with Crippen molar-refractivity contribution in [1.29, 1.82) is 0 Å². The number of hydrogen-bond acceptors (Lipinski definition) is 10.